The fourth-order valence-corrected chi connectivity index (χ4v) is 4.95. The average Bonchev–Trinajstić information content (AvgIpc) is 2.80. The third-order valence-corrected chi connectivity index (χ3v) is 6.13. The van der Waals surface area contributed by atoms with Crippen molar-refractivity contribution in [2.45, 2.75) is 51.1 Å². The van der Waals surface area contributed by atoms with Gasteiger partial charge in [-0.3, -0.25) is 19.3 Å². The highest BCUT2D eigenvalue weighted by Crippen LogP contribution is 2.39. The van der Waals surface area contributed by atoms with E-state index in [1.165, 1.54) is 6.42 Å². The molecule has 3 N–H and O–H groups in total. The summed E-state index contributed by atoms with van der Waals surface area (Å²) in [4.78, 5) is 38.7. The van der Waals surface area contributed by atoms with Gasteiger partial charge in [0.1, 0.15) is 6.54 Å². The number of rotatable bonds is 3. The maximum Gasteiger partial charge on any atom is 0.262 e. The second-order valence-electron chi connectivity index (χ2n) is 8.02. The molecule has 4 rings (SSSR count). The van der Waals surface area contributed by atoms with Gasteiger partial charge in [0.2, 0.25) is 5.91 Å². The molecule has 2 bridgehead atoms. The van der Waals surface area contributed by atoms with Crippen LogP contribution in [-0.4, -0.2) is 41.2 Å². The summed E-state index contributed by atoms with van der Waals surface area (Å²) in [6.07, 6.45) is 5.23. The summed E-state index contributed by atoms with van der Waals surface area (Å²) < 4.78 is 0. The minimum Gasteiger partial charge on any atom is -0.351 e. The highest BCUT2D eigenvalue weighted by molar-refractivity contribution is 6.22. The highest BCUT2D eigenvalue weighted by Gasteiger charge is 2.41. The van der Waals surface area contributed by atoms with Gasteiger partial charge < -0.3 is 11.1 Å². The van der Waals surface area contributed by atoms with E-state index in [1.807, 2.05) is 6.92 Å². The van der Waals surface area contributed by atoms with Crippen LogP contribution in [0, 0.1) is 18.8 Å². The van der Waals surface area contributed by atoms with Crippen molar-refractivity contribution >= 4 is 17.7 Å². The first kappa shape index (κ1) is 17.2. The number of hydrogen-bond acceptors (Lipinski definition) is 4. The Morgan fingerprint density at radius 2 is 1.81 bits per heavy atom. The van der Waals surface area contributed by atoms with E-state index in [1.54, 1.807) is 18.2 Å². The van der Waals surface area contributed by atoms with Gasteiger partial charge >= 0.3 is 0 Å². The van der Waals surface area contributed by atoms with E-state index < -0.39 is 0 Å². The second kappa shape index (κ2) is 6.50. The molecule has 6 heteroatoms. The van der Waals surface area contributed by atoms with Gasteiger partial charge in [0.05, 0.1) is 11.1 Å². The molecule has 3 aliphatic rings. The predicted molar refractivity (Wildman–Crippen MR) is 96.5 cm³/mol. The van der Waals surface area contributed by atoms with E-state index >= 15 is 0 Å². The van der Waals surface area contributed by atoms with Crippen molar-refractivity contribution in [3.63, 3.8) is 0 Å². The number of aryl methyl sites for hydroxylation is 1. The van der Waals surface area contributed by atoms with Gasteiger partial charge in [-0.2, -0.15) is 0 Å². The molecule has 2 fully saturated rings. The zero-order valence-corrected chi connectivity index (χ0v) is 15.0. The molecule has 1 aromatic rings. The molecule has 2 atom stereocenters. The summed E-state index contributed by atoms with van der Waals surface area (Å²) in [5.74, 6) is -0.202. The first-order valence-corrected chi connectivity index (χ1v) is 9.46. The van der Waals surface area contributed by atoms with Crippen LogP contribution in [0.25, 0.3) is 0 Å². The summed E-state index contributed by atoms with van der Waals surface area (Å²) in [5, 5.41) is 3.11. The molecule has 2 aliphatic carbocycles. The lowest BCUT2D eigenvalue weighted by Gasteiger charge is -2.45. The normalized spacial score (nSPS) is 30.3. The van der Waals surface area contributed by atoms with Crippen LogP contribution in [0.3, 0.4) is 0 Å². The Bertz CT molecular complexity index is 762. The van der Waals surface area contributed by atoms with Crippen LogP contribution in [0.5, 0.6) is 0 Å². The quantitative estimate of drug-likeness (QED) is 0.806. The van der Waals surface area contributed by atoms with E-state index in [0.717, 1.165) is 36.1 Å². The van der Waals surface area contributed by atoms with Crippen molar-refractivity contribution in [3.05, 3.63) is 34.9 Å². The lowest BCUT2D eigenvalue weighted by atomic mass is 9.67. The standard InChI is InChI=1S/C20H25N3O3/c1-11-5-6-15-16(7-11)20(26)23(19(15)25)10-17(24)22-18-12-3-2-4-13(18)9-14(21)8-12/h5-7,12-14,18H,2-4,8-10,21H2,1H3,(H,22,24). The Labute approximate surface area is 153 Å². The fraction of sp³-hybridized carbons (Fsp3) is 0.550. The van der Waals surface area contributed by atoms with Crippen LogP contribution in [-0.2, 0) is 4.79 Å². The number of carbonyl (C=O) groups is 3. The van der Waals surface area contributed by atoms with Crippen LogP contribution in [0.1, 0.15) is 58.4 Å². The molecule has 0 spiro atoms. The lowest BCUT2D eigenvalue weighted by molar-refractivity contribution is -0.123. The van der Waals surface area contributed by atoms with Crippen molar-refractivity contribution in [1.29, 1.82) is 0 Å². The molecule has 0 saturated heterocycles. The Hall–Kier alpha value is -2.21. The second-order valence-corrected chi connectivity index (χ2v) is 8.02. The van der Waals surface area contributed by atoms with Crippen molar-refractivity contribution in [3.8, 4) is 0 Å². The molecule has 0 radical (unpaired) electrons. The molecule has 2 saturated carbocycles. The monoisotopic (exact) mass is 355 g/mol. The molecule has 3 amide bonds. The Balaban J connectivity index is 1.44. The third kappa shape index (κ3) is 2.92. The van der Waals surface area contributed by atoms with E-state index in [-0.39, 0.29) is 36.3 Å². The fourth-order valence-electron chi connectivity index (χ4n) is 4.95. The van der Waals surface area contributed by atoms with Gasteiger partial charge in [0.25, 0.3) is 11.8 Å². The minimum absolute atomic E-state index is 0.119. The number of imide groups is 1. The van der Waals surface area contributed by atoms with E-state index in [9.17, 15) is 14.4 Å². The van der Waals surface area contributed by atoms with E-state index in [4.69, 9.17) is 5.73 Å². The van der Waals surface area contributed by atoms with Crippen LogP contribution >= 0.6 is 0 Å². The van der Waals surface area contributed by atoms with Crippen molar-refractivity contribution in [2.75, 3.05) is 6.54 Å². The molecule has 6 nitrogen and oxygen atoms in total. The Morgan fingerprint density at radius 1 is 1.15 bits per heavy atom. The summed E-state index contributed by atoms with van der Waals surface area (Å²) >= 11 is 0. The SMILES string of the molecule is Cc1ccc2c(c1)C(=O)N(CC(=O)NC1C3CCCC1CC(N)C3)C2=O. The van der Waals surface area contributed by atoms with Gasteiger partial charge in [-0.05, 0) is 56.6 Å². The van der Waals surface area contributed by atoms with Crippen LogP contribution in [0.15, 0.2) is 18.2 Å². The van der Waals surface area contributed by atoms with E-state index in [2.05, 4.69) is 5.32 Å². The molecular weight excluding hydrogens is 330 g/mol. The third-order valence-electron chi connectivity index (χ3n) is 6.13. The molecule has 138 valence electrons. The highest BCUT2D eigenvalue weighted by atomic mass is 16.2. The number of nitrogens with zero attached hydrogens (tertiary/aromatic N) is 1. The largest absolute Gasteiger partial charge is 0.351 e. The molecule has 2 unspecified atom stereocenters. The topological polar surface area (TPSA) is 92.5 Å². The lowest BCUT2D eigenvalue weighted by Crippen LogP contribution is -2.55. The summed E-state index contributed by atoms with van der Waals surface area (Å²) in [5.41, 5.74) is 7.83. The molecular formula is C20H25N3O3. The van der Waals surface area contributed by atoms with Crippen molar-refractivity contribution in [2.24, 2.45) is 17.6 Å². The average molecular weight is 355 g/mol. The zero-order chi connectivity index (χ0) is 18.4. The number of benzene rings is 1. The number of nitrogens with one attached hydrogen (secondary N) is 1. The zero-order valence-electron chi connectivity index (χ0n) is 15.0. The van der Waals surface area contributed by atoms with Crippen molar-refractivity contribution < 1.29 is 14.4 Å². The van der Waals surface area contributed by atoms with Crippen LogP contribution in [0.4, 0.5) is 0 Å². The Morgan fingerprint density at radius 3 is 2.50 bits per heavy atom. The molecule has 0 aromatic heterocycles. The number of fused-ring (bicyclic) bond motifs is 3. The van der Waals surface area contributed by atoms with Gasteiger partial charge in [0.15, 0.2) is 0 Å². The summed E-state index contributed by atoms with van der Waals surface area (Å²) in [6.45, 7) is 1.66. The van der Waals surface area contributed by atoms with Gasteiger partial charge in [-0.25, -0.2) is 0 Å². The first-order chi connectivity index (χ1) is 12.4. The van der Waals surface area contributed by atoms with Crippen LogP contribution < -0.4 is 11.1 Å². The smallest absolute Gasteiger partial charge is 0.262 e. The maximum atomic E-state index is 12.6. The molecule has 1 aliphatic heterocycles. The maximum absolute atomic E-state index is 12.6. The van der Waals surface area contributed by atoms with Gasteiger partial charge in [-0.1, -0.05) is 18.1 Å². The molecule has 1 heterocycles. The molecule has 1 aromatic carbocycles. The predicted octanol–water partition coefficient (Wildman–Crippen LogP) is 1.61. The first-order valence-electron chi connectivity index (χ1n) is 9.46. The number of nitrogens with two attached hydrogens (primary N) is 1. The number of amides is 3. The Kier molecular flexibility index (Phi) is 4.31. The number of hydrogen-bond donors (Lipinski definition) is 2. The van der Waals surface area contributed by atoms with Crippen molar-refractivity contribution in [1.82, 2.24) is 10.2 Å². The number of carbonyl (C=O) groups excluding carboxylic acids is 3. The summed E-state index contributed by atoms with van der Waals surface area (Å²) in [6, 6.07) is 5.52. The minimum atomic E-state index is -0.383. The molecule has 26 heavy (non-hydrogen) atoms. The van der Waals surface area contributed by atoms with Crippen LogP contribution in [0.2, 0.25) is 0 Å². The summed E-state index contributed by atoms with van der Waals surface area (Å²) in [7, 11) is 0. The van der Waals surface area contributed by atoms with Gasteiger partial charge in [-0.15, -0.1) is 0 Å². The van der Waals surface area contributed by atoms with E-state index in [0.29, 0.717) is 23.0 Å². The van der Waals surface area contributed by atoms with Gasteiger partial charge in [0, 0.05) is 12.1 Å².